The van der Waals surface area contributed by atoms with Gasteiger partial charge in [-0.2, -0.15) is 0 Å². The summed E-state index contributed by atoms with van der Waals surface area (Å²) in [5.41, 5.74) is 5.06. The van der Waals surface area contributed by atoms with Crippen molar-refractivity contribution in [3.63, 3.8) is 0 Å². The number of rotatable bonds is 3. The highest BCUT2D eigenvalue weighted by Gasteiger charge is 2.27. The van der Waals surface area contributed by atoms with Crippen LogP contribution in [0.25, 0.3) is 0 Å². The molecule has 0 bridgehead atoms. The number of oxime groups is 1. The van der Waals surface area contributed by atoms with Gasteiger partial charge < -0.3 is 16.3 Å². The third kappa shape index (κ3) is 2.97. The predicted molar refractivity (Wildman–Crippen MR) is 66.1 cm³/mol. The van der Waals surface area contributed by atoms with Gasteiger partial charge in [0, 0.05) is 0 Å². The maximum absolute atomic E-state index is 13.5. The SMILES string of the molecule is Cc1ccc(F)c(C(=O)NC(C)(C)C(N)=NO)c1. The lowest BCUT2D eigenvalue weighted by Gasteiger charge is -2.24. The van der Waals surface area contributed by atoms with Crippen LogP contribution in [-0.2, 0) is 0 Å². The first-order valence-electron chi connectivity index (χ1n) is 5.34. The fraction of sp³-hybridized carbons (Fsp3) is 0.333. The van der Waals surface area contributed by atoms with Crippen molar-refractivity contribution in [3.8, 4) is 0 Å². The van der Waals surface area contributed by atoms with Crippen LogP contribution in [0.5, 0.6) is 0 Å². The molecular formula is C12H16FN3O2. The second-order valence-electron chi connectivity index (χ2n) is 4.55. The minimum Gasteiger partial charge on any atom is -0.409 e. The third-order valence-corrected chi connectivity index (χ3v) is 2.54. The first-order valence-corrected chi connectivity index (χ1v) is 5.34. The Bertz CT molecular complexity index is 498. The molecule has 0 unspecified atom stereocenters. The summed E-state index contributed by atoms with van der Waals surface area (Å²) in [6.45, 7) is 4.85. The van der Waals surface area contributed by atoms with Crippen LogP contribution in [0.15, 0.2) is 23.4 Å². The molecule has 0 saturated carbocycles. The van der Waals surface area contributed by atoms with Crippen molar-refractivity contribution in [2.24, 2.45) is 10.9 Å². The molecule has 1 rings (SSSR count). The van der Waals surface area contributed by atoms with Gasteiger partial charge in [0.05, 0.1) is 11.1 Å². The van der Waals surface area contributed by atoms with Gasteiger partial charge in [0.25, 0.3) is 5.91 Å². The maximum atomic E-state index is 13.5. The molecular weight excluding hydrogens is 237 g/mol. The van der Waals surface area contributed by atoms with Gasteiger partial charge in [0.15, 0.2) is 5.84 Å². The molecule has 1 amide bonds. The van der Waals surface area contributed by atoms with E-state index in [0.29, 0.717) is 0 Å². The van der Waals surface area contributed by atoms with E-state index in [2.05, 4.69) is 10.5 Å². The molecule has 0 aliphatic heterocycles. The summed E-state index contributed by atoms with van der Waals surface area (Å²) < 4.78 is 13.5. The van der Waals surface area contributed by atoms with E-state index in [1.165, 1.54) is 12.1 Å². The number of carbonyl (C=O) groups is 1. The Morgan fingerprint density at radius 1 is 1.50 bits per heavy atom. The van der Waals surface area contributed by atoms with Crippen LogP contribution in [0.2, 0.25) is 0 Å². The zero-order valence-corrected chi connectivity index (χ0v) is 10.5. The Labute approximate surface area is 104 Å². The van der Waals surface area contributed by atoms with Gasteiger partial charge in [-0.3, -0.25) is 4.79 Å². The van der Waals surface area contributed by atoms with Crippen LogP contribution >= 0.6 is 0 Å². The van der Waals surface area contributed by atoms with E-state index in [1.807, 2.05) is 0 Å². The number of amides is 1. The number of nitrogens with one attached hydrogen (secondary N) is 1. The molecule has 0 saturated heterocycles. The fourth-order valence-corrected chi connectivity index (χ4v) is 1.35. The minimum atomic E-state index is -1.07. The molecule has 1 aromatic carbocycles. The molecule has 0 spiro atoms. The van der Waals surface area contributed by atoms with E-state index in [9.17, 15) is 9.18 Å². The maximum Gasteiger partial charge on any atom is 0.255 e. The lowest BCUT2D eigenvalue weighted by Crippen LogP contribution is -2.53. The zero-order chi connectivity index (χ0) is 13.9. The first kappa shape index (κ1) is 14.0. The number of carbonyl (C=O) groups excluding carboxylic acids is 1. The summed E-state index contributed by atoms with van der Waals surface area (Å²) in [5, 5.41) is 13.9. The molecule has 4 N–H and O–H groups in total. The number of aryl methyl sites for hydroxylation is 1. The number of benzene rings is 1. The Kier molecular flexibility index (Phi) is 3.90. The van der Waals surface area contributed by atoms with Gasteiger partial charge in [0.2, 0.25) is 0 Å². The average Bonchev–Trinajstić information content (AvgIpc) is 2.30. The lowest BCUT2D eigenvalue weighted by molar-refractivity contribution is 0.0926. The lowest BCUT2D eigenvalue weighted by atomic mass is 10.0. The molecule has 98 valence electrons. The molecule has 1 aromatic rings. The number of amidine groups is 1. The highest BCUT2D eigenvalue weighted by molar-refractivity contribution is 6.00. The van der Waals surface area contributed by atoms with Crippen molar-refractivity contribution in [2.75, 3.05) is 0 Å². The number of nitrogens with zero attached hydrogens (tertiary/aromatic N) is 1. The summed E-state index contributed by atoms with van der Waals surface area (Å²) in [6.07, 6.45) is 0. The Morgan fingerprint density at radius 2 is 2.11 bits per heavy atom. The minimum absolute atomic E-state index is 0.0752. The topological polar surface area (TPSA) is 87.7 Å². The molecule has 0 fully saturated rings. The van der Waals surface area contributed by atoms with Crippen LogP contribution in [0.1, 0.15) is 29.8 Å². The standard InChI is InChI=1S/C12H16FN3O2/c1-7-4-5-9(13)8(6-7)10(17)15-12(2,3)11(14)16-18/h4-6,18H,1-3H3,(H2,14,16)(H,15,17). The van der Waals surface area contributed by atoms with Gasteiger partial charge in [-0.05, 0) is 32.9 Å². The van der Waals surface area contributed by atoms with Crippen LogP contribution in [-0.4, -0.2) is 22.5 Å². The van der Waals surface area contributed by atoms with Gasteiger partial charge in [-0.25, -0.2) is 4.39 Å². The first-order chi connectivity index (χ1) is 8.27. The van der Waals surface area contributed by atoms with Crippen molar-refractivity contribution in [2.45, 2.75) is 26.3 Å². The summed E-state index contributed by atoms with van der Waals surface area (Å²) >= 11 is 0. The largest absolute Gasteiger partial charge is 0.409 e. The van der Waals surface area contributed by atoms with E-state index in [4.69, 9.17) is 10.9 Å². The zero-order valence-electron chi connectivity index (χ0n) is 10.5. The third-order valence-electron chi connectivity index (χ3n) is 2.54. The van der Waals surface area contributed by atoms with Crippen molar-refractivity contribution < 1.29 is 14.4 Å². The quantitative estimate of drug-likeness (QED) is 0.329. The Morgan fingerprint density at radius 3 is 2.67 bits per heavy atom. The van der Waals surface area contributed by atoms with Crippen molar-refractivity contribution >= 4 is 11.7 Å². The van der Waals surface area contributed by atoms with Crippen molar-refractivity contribution in [1.82, 2.24) is 5.32 Å². The Hall–Kier alpha value is -2.11. The monoisotopic (exact) mass is 253 g/mol. The number of hydrogen-bond acceptors (Lipinski definition) is 3. The summed E-state index contributed by atoms with van der Waals surface area (Å²) in [7, 11) is 0. The van der Waals surface area contributed by atoms with E-state index in [1.54, 1.807) is 26.8 Å². The van der Waals surface area contributed by atoms with Crippen molar-refractivity contribution in [3.05, 3.63) is 35.1 Å². The van der Waals surface area contributed by atoms with E-state index in [0.717, 1.165) is 5.56 Å². The van der Waals surface area contributed by atoms with Gasteiger partial charge in [-0.1, -0.05) is 16.8 Å². The van der Waals surface area contributed by atoms with Crippen LogP contribution in [0.3, 0.4) is 0 Å². The molecule has 5 nitrogen and oxygen atoms in total. The van der Waals surface area contributed by atoms with Crippen LogP contribution in [0.4, 0.5) is 4.39 Å². The average molecular weight is 253 g/mol. The van der Waals surface area contributed by atoms with Gasteiger partial charge in [-0.15, -0.1) is 0 Å². The van der Waals surface area contributed by atoms with E-state index >= 15 is 0 Å². The van der Waals surface area contributed by atoms with Gasteiger partial charge in [0.1, 0.15) is 5.82 Å². The highest BCUT2D eigenvalue weighted by Crippen LogP contribution is 2.12. The molecule has 0 aliphatic rings. The molecule has 6 heteroatoms. The van der Waals surface area contributed by atoms with Crippen LogP contribution < -0.4 is 11.1 Å². The number of nitrogens with two attached hydrogens (primary N) is 1. The fourth-order valence-electron chi connectivity index (χ4n) is 1.35. The molecule has 0 aromatic heterocycles. The van der Waals surface area contributed by atoms with Gasteiger partial charge >= 0.3 is 0 Å². The highest BCUT2D eigenvalue weighted by atomic mass is 19.1. The molecule has 0 atom stereocenters. The molecule has 0 aliphatic carbocycles. The van der Waals surface area contributed by atoms with Crippen molar-refractivity contribution in [1.29, 1.82) is 0 Å². The normalized spacial score (nSPS) is 12.3. The van der Waals surface area contributed by atoms with E-state index < -0.39 is 17.3 Å². The summed E-state index contributed by atoms with van der Waals surface area (Å²) in [5.74, 6) is -1.40. The second kappa shape index (κ2) is 5.03. The molecule has 18 heavy (non-hydrogen) atoms. The molecule has 0 heterocycles. The Balaban J connectivity index is 2.99. The summed E-state index contributed by atoms with van der Waals surface area (Å²) in [4.78, 5) is 11.9. The molecule has 0 radical (unpaired) electrons. The number of hydrogen-bond donors (Lipinski definition) is 3. The second-order valence-corrected chi connectivity index (χ2v) is 4.55. The summed E-state index contributed by atoms with van der Waals surface area (Å²) in [6, 6.07) is 4.23. The van der Waals surface area contributed by atoms with E-state index in [-0.39, 0.29) is 11.4 Å². The van der Waals surface area contributed by atoms with Crippen LogP contribution in [0, 0.1) is 12.7 Å². The smallest absolute Gasteiger partial charge is 0.255 e. The predicted octanol–water partition coefficient (Wildman–Crippen LogP) is 1.39. The number of halogens is 1.